The number of piperazine rings is 1. The maximum absolute atomic E-state index is 12.4. The summed E-state index contributed by atoms with van der Waals surface area (Å²) in [5.41, 5.74) is 2.52. The van der Waals surface area contributed by atoms with Gasteiger partial charge in [-0.2, -0.15) is 0 Å². The molecule has 2 aromatic rings. The predicted octanol–water partition coefficient (Wildman–Crippen LogP) is 1.82. The first-order chi connectivity index (χ1) is 11.5. The van der Waals surface area contributed by atoms with Crippen LogP contribution in [0.25, 0.3) is 0 Å². The van der Waals surface area contributed by atoms with Gasteiger partial charge in [-0.3, -0.25) is 9.59 Å². The fourth-order valence-corrected chi connectivity index (χ4v) is 2.78. The standard InChI is InChI=1S/C18H21N3O3/c1-13-3-5-15(6-4-13)12-17(22)20-7-9-21(10-8-20)18(23)16-11-14(2)24-19-16/h3-6,11H,7-10,12H2,1-2H3. The van der Waals surface area contributed by atoms with Crippen LogP contribution in [-0.4, -0.2) is 52.9 Å². The van der Waals surface area contributed by atoms with Gasteiger partial charge >= 0.3 is 0 Å². The highest BCUT2D eigenvalue weighted by Gasteiger charge is 2.26. The molecule has 2 heterocycles. The van der Waals surface area contributed by atoms with Gasteiger partial charge in [-0.15, -0.1) is 0 Å². The Morgan fingerprint density at radius 1 is 1.04 bits per heavy atom. The number of hydrogen-bond donors (Lipinski definition) is 0. The average Bonchev–Trinajstić information content (AvgIpc) is 3.03. The molecule has 0 N–H and O–H groups in total. The fraction of sp³-hybridized carbons (Fsp3) is 0.389. The first kappa shape index (κ1) is 16.2. The second kappa shape index (κ2) is 6.86. The summed E-state index contributed by atoms with van der Waals surface area (Å²) in [5.74, 6) is 0.575. The SMILES string of the molecule is Cc1ccc(CC(=O)N2CCN(C(=O)c3cc(C)on3)CC2)cc1. The molecule has 0 spiro atoms. The van der Waals surface area contributed by atoms with E-state index in [1.807, 2.05) is 36.1 Å². The molecule has 0 radical (unpaired) electrons. The maximum Gasteiger partial charge on any atom is 0.276 e. The minimum Gasteiger partial charge on any atom is -0.361 e. The van der Waals surface area contributed by atoms with Gasteiger partial charge in [0, 0.05) is 32.2 Å². The lowest BCUT2D eigenvalue weighted by Gasteiger charge is -2.34. The van der Waals surface area contributed by atoms with Crippen LogP contribution in [0.4, 0.5) is 0 Å². The Labute approximate surface area is 141 Å². The zero-order valence-electron chi connectivity index (χ0n) is 14.0. The molecule has 0 unspecified atom stereocenters. The summed E-state index contributed by atoms with van der Waals surface area (Å²) >= 11 is 0. The van der Waals surface area contributed by atoms with Gasteiger partial charge in [0.2, 0.25) is 5.91 Å². The average molecular weight is 327 g/mol. The molecule has 1 aromatic heterocycles. The third-order valence-electron chi connectivity index (χ3n) is 4.24. The number of carbonyl (C=O) groups excluding carboxylic acids is 2. The van der Waals surface area contributed by atoms with Crippen molar-refractivity contribution in [2.75, 3.05) is 26.2 Å². The van der Waals surface area contributed by atoms with Gasteiger partial charge in [0.25, 0.3) is 5.91 Å². The van der Waals surface area contributed by atoms with Gasteiger partial charge < -0.3 is 14.3 Å². The van der Waals surface area contributed by atoms with Gasteiger partial charge in [0.05, 0.1) is 6.42 Å². The molecule has 0 saturated carbocycles. The van der Waals surface area contributed by atoms with E-state index in [1.165, 1.54) is 5.56 Å². The Morgan fingerprint density at radius 3 is 2.25 bits per heavy atom. The molecule has 2 amide bonds. The zero-order valence-corrected chi connectivity index (χ0v) is 14.0. The van der Waals surface area contributed by atoms with Crippen LogP contribution in [0.5, 0.6) is 0 Å². The summed E-state index contributed by atoms with van der Waals surface area (Å²) in [6.07, 6.45) is 0.400. The Balaban J connectivity index is 1.53. The van der Waals surface area contributed by atoms with E-state index >= 15 is 0 Å². The Hall–Kier alpha value is -2.63. The van der Waals surface area contributed by atoms with Crippen LogP contribution in [0.2, 0.25) is 0 Å². The number of aromatic nitrogens is 1. The van der Waals surface area contributed by atoms with E-state index in [0.29, 0.717) is 44.1 Å². The van der Waals surface area contributed by atoms with Crippen LogP contribution in [-0.2, 0) is 11.2 Å². The predicted molar refractivity (Wildman–Crippen MR) is 88.6 cm³/mol. The monoisotopic (exact) mass is 327 g/mol. The van der Waals surface area contributed by atoms with Crippen molar-refractivity contribution >= 4 is 11.8 Å². The van der Waals surface area contributed by atoms with E-state index in [-0.39, 0.29) is 11.8 Å². The smallest absolute Gasteiger partial charge is 0.276 e. The Kier molecular flexibility index (Phi) is 4.64. The van der Waals surface area contributed by atoms with Crippen molar-refractivity contribution in [1.29, 1.82) is 0 Å². The Bertz CT molecular complexity index is 728. The van der Waals surface area contributed by atoms with Crippen LogP contribution < -0.4 is 0 Å². The molecule has 0 bridgehead atoms. The van der Waals surface area contributed by atoms with Gasteiger partial charge in [0.15, 0.2) is 5.69 Å². The second-order valence-electron chi connectivity index (χ2n) is 6.16. The molecular formula is C18H21N3O3. The molecule has 1 aliphatic heterocycles. The van der Waals surface area contributed by atoms with Crippen LogP contribution in [0.15, 0.2) is 34.9 Å². The summed E-state index contributed by atoms with van der Waals surface area (Å²) in [5, 5.41) is 3.76. The first-order valence-corrected chi connectivity index (χ1v) is 8.09. The van der Waals surface area contributed by atoms with Gasteiger partial charge in [0.1, 0.15) is 5.76 Å². The molecule has 1 aliphatic rings. The number of carbonyl (C=O) groups is 2. The summed E-state index contributed by atoms with van der Waals surface area (Å²) in [4.78, 5) is 28.2. The number of amides is 2. The highest BCUT2D eigenvalue weighted by atomic mass is 16.5. The third kappa shape index (κ3) is 3.64. The molecule has 6 heteroatoms. The summed E-state index contributed by atoms with van der Waals surface area (Å²) in [7, 11) is 0. The molecule has 0 aliphatic carbocycles. The lowest BCUT2D eigenvalue weighted by atomic mass is 10.1. The van der Waals surface area contributed by atoms with Crippen molar-refractivity contribution in [3.05, 3.63) is 52.9 Å². The minimum absolute atomic E-state index is 0.100. The van der Waals surface area contributed by atoms with Crippen LogP contribution in [0.1, 0.15) is 27.4 Å². The molecule has 6 nitrogen and oxygen atoms in total. The van der Waals surface area contributed by atoms with E-state index in [9.17, 15) is 9.59 Å². The van der Waals surface area contributed by atoms with Gasteiger partial charge in [-0.1, -0.05) is 35.0 Å². The molecule has 126 valence electrons. The second-order valence-corrected chi connectivity index (χ2v) is 6.16. The maximum atomic E-state index is 12.4. The largest absolute Gasteiger partial charge is 0.361 e. The number of hydrogen-bond acceptors (Lipinski definition) is 4. The van der Waals surface area contributed by atoms with Crippen LogP contribution in [0.3, 0.4) is 0 Å². The van der Waals surface area contributed by atoms with E-state index in [1.54, 1.807) is 17.9 Å². The molecular weight excluding hydrogens is 306 g/mol. The number of aryl methyl sites for hydroxylation is 2. The summed E-state index contributed by atoms with van der Waals surface area (Å²) < 4.78 is 4.95. The van der Waals surface area contributed by atoms with E-state index in [2.05, 4.69) is 5.16 Å². The fourth-order valence-electron chi connectivity index (χ4n) is 2.78. The number of rotatable bonds is 3. The third-order valence-corrected chi connectivity index (χ3v) is 4.24. The van der Waals surface area contributed by atoms with Crippen molar-refractivity contribution in [2.24, 2.45) is 0 Å². The molecule has 3 rings (SSSR count). The van der Waals surface area contributed by atoms with Gasteiger partial charge in [-0.05, 0) is 19.4 Å². The van der Waals surface area contributed by atoms with Crippen LogP contribution >= 0.6 is 0 Å². The normalized spacial score (nSPS) is 14.8. The lowest BCUT2D eigenvalue weighted by molar-refractivity contribution is -0.131. The summed E-state index contributed by atoms with van der Waals surface area (Å²) in [6.45, 7) is 5.92. The topological polar surface area (TPSA) is 66.7 Å². The van der Waals surface area contributed by atoms with Crippen molar-refractivity contribution in [1.82, 2.24) is 15.0 Å². The molecule has 1 fully saturated rings. The quantitative estimate of drug-likeness (QED) is 0.862. The lowest BCUT2D eigenvalue weighted by Crippen LogP contribution is -2.51. The molecule has 24 heavy (non-hydrogen) atoms. The molecule has 1 saturated heterocycles. The van der Waals surface area contributed by atoms with Crippen molar-refractivity contribution in [2.45, 2.75) is 20.3 Å². The Morgan fingerprint density at radius 2 is 1.67 bits per heavy atom. The highest BCUT2D eigenvalue weighted by molar-refractivity contribution is 5.92. The van der Waals surface area contributed by atoms with E-state index < -0.39 is 0 Å². The highest BCUT2D eigenvalue weighted by Crippen LogP contribution is 2.11. The van der Waals surface area contributed by atoms with Crippen molar-refractivity contribution in [3.8, 4) is 0 Å². The zero-order chi connectivity index (χ0) is 17.1. The van der Waals surface area contributed by atoms with E-state index in [0.717, 1.165) is 5.56 Å². The molecule has 0 atom stereocenters. The van der Waals surface area contributed by atoms with Gasteiger partial charge in [-0.25, -0.2) is 0 Å². The van der Waals surface area contributed by atoms with Crippen molar-refractivity contribution in [3.63, 3.8) is 0 Å². The first-order valence-electron chi connectivity index (χ1n) is 8.09. The summed E-state index contributed by atoms with van der Waals surface area (Å²) in [6, 6.07) is 9.63. The molecule has 1 aromatic carbocycles. The number of benzene rings is 1. The van der Waals surface area contributed by atoms with Crippen molar-refractivity contribution < 1.29 is 14.1 Å². The van der Waals surface area contributed by atoms with Crippen LogP contribution in [0, 0.1) is 13.8 Å². The number of nitrogens with zero attached hydrogens (tertiary/aromatic N) is 3. The van der Waals surface area contributed by atoms with E-state index in [4.69, 9.17) is 4.52 Å². The minimum atomic E-state index is -0.141.